The molecular formula is C23H27Cl2N3O6. The fourth-order valence-electron chi connectivity index (χ4n) is 3.58. The molecule has 0 unspecified atom stereocenters. The zero-order valence-electron chi connectivity index (χ0n) is 19.1. The molecule has 1 aromatic carbocycles. The fraction of sp³-hybridized carbons (Fsp3) is 0.304. The van der Waals surface area contributed by atoms with Crippen molar-refractivity contribution in [3.63, 3.8) is 0 Å². The molecule has 0 bridgehead atoms. The van der Waals surface area contributed by atoms with Crippen molar-refractivity contribution in [3.05, 3.63) is 60.3 Å². The number of alkyl halides is 1. The monoisotopic (exact) mass is 511 g/mol. The highest BCUT2D eigenvalue weighted by Crippen LogP contribution is 2.28. The number of hydrogen-bond donors (Lipinski definition) is 1. The van der Waals surface area contributed by atoms with Gasteiger partial charge in [-0.1, -0.05) is 44.0 Å². The van der Waals surface area contributed by atoms with Crippen LogP contribution in [0.1, 0.15) is 36.5 Å². The molecule has 3 aromatic heterocycles. The van der Waals surface area contributed by atoms with Crippen molar-refractivity contribution in [2.75, 3.05) is 24.9 Å². The van der Waals surface area contributed by atoms with Gasteiger partial charge in [0, 0.05) is 11.3 Å². The van der Waals surface area contributed by atoms with E-state index in [9.17, 15) is 9.90 Å². The lowest BCUT2D eigenvalue weighted by atomic mass is 10.1. The molecule has 0 atom stereocenters. The molecule has 0 fully saturated rings. The number of imidazole rings is 1. The first-order valence-electron chi connectivity index (χ1n) is 10.5. The number of pyridine rings is 2. The van der Waals surface area contributed by atoms with Crippen LogP contribution in [0.2, 0.25) is 0 Å². The largest absolute Gasteiger partial charge is 0.478 e. The number of halogens is 2. The maximum atomic E-state index is 11.7. The fourth-order valence-corrected chi connectivity index (χ4v) is 3.77. The van der Waals surface area contributed by atoms with Crippen LogP contribution < -0.4 is 27.9 Å². The Morgan fingerprint density at radius 1 is 1.06 bits per heavy atom. The number of fused-ring (bicyclic) bond motifs is 5. The number of aromatic carboxylic acids is 1. The van der Waals surface area contributed by atoms with Crippen molar-refractivity contribution in [1.82, 2.24) is 4.40 Å². The van der Waals surface area contributed by atoms with Crippen LogP contribution in [0.25, 0.3) is 21.9 Å². The van der Waals surface area contributed by atoms with Crippen molar-refractivity contribution < 1.29 is 43.2 Å². The van der Waals surface area contributed by atoms with E-state index in [4.69, 9.17) is 30.2 Å². The van der Waals surface area contributed by atoms with Crippen molar-refractivity contribution in [3.8, 4) is 0 Å². The van der Waals surface area contributed by atoms with Gasteiger partial charge in [-0.25, -0.2) is 27.8 Å². The third-order valence-electron chi connectivity index (χ3n) is 4.86. The molecule has 0 aliphatic carbocycles. The van der Waals surface area contributed by atoms with Crippen LogP contribution in [0.5, 0.6) is 0 Å². The van der Waals surface area contributed by atoms with Gasteiger partial charge in [-0.05, 0) is 30.7 Å². The quantitative estimate of drug-likeness (QED) is 0.230. The Bertz CT molecular complexity index is 1240. The van der Waals surface area contributed by atoms with Crippen LogP contribution in [-0.2, 0) is 0 Å². The van der Waals surface area contributed by atoms with Gasteiger partial charge in [-0.2, -0.15) is 4.40 Å². The van der Waals surface area contributed by atoms with Crippen molar-refractivity contribution >= 4 is 45.5 Å². The Morgan fingerprint density at radius 2 is 1.68 bits per heavy atom. The zero-order chi connectivity index (χ0) is 25.5. The van der Waals surface area contributed by atoms with Crippen LogP contribution in [0.15, 0.2) is 54.7 Å². The highest BCUT2D eigenvalue weighted by molar-refractivity contribution is 6.17. The number of carbonyl (C=O) groups is 1. The summed E-state index contributed by atoms with van der Waals surface area (Å²) in [5, 5.41) is 10.3. The molecule has 0 aliphatic heterocycles. The lowest BCUT2D eigenvalue weighted by Crippen LogP contribution is -2.68. The molecule has 11 heteroatoms. The molecule has 0 aliphatic rings. The minimum absolute atomic E-state index is 0.322. The Kier molecular flexibility index (Phi) is 9.87. The summed E-state index contributed by atoms with van der Waals surface area (Å²) in [5.41, 5.74) is 3.06. The van der Waals surface area contributed by atoms with Gasteiger partial charge in [0.05, 0.1) is 25.9 Å². The Hall–Kier alpha value is -2.66. The second-order valence-electron chi connectivity index (χ2n) is 7.53. The van der Waals surface area contributed by atoms with Crippen LogP contribution in [0.4, 0.5) is 5.95 Å². The average Bonchev–Trinajstić information content (AvgIpc) is 3.11. The van der Waals surface area contributed by atoms with Gasteiger partial charge < -0.3 is 5.11 Å². The lowest BCUT2D eigenvalue weighted by molar-refractivity contribution is -2.00. The van der Waals surface area contributed by atoms with Crippen LogP contribution in [0, 0.1) is 10.2 Å². The van der Waals surface area contributed by atoms with Crippen LogP contribution >= 0.6 is 11.6 Å². The van der Waals surface area contributed by atoms with Gasteiger partial charge in [0.15, 0.2) is 0 Å². The Morgan fingerprint density at radius 3 is 2.21 bits per heavy atom. The van der Waals surface area contributed by atoms with Crippen molar-refractivity contribution in [2.45, 2.75) is 26.2 Å². The minimum atomic E-state index is -4.94. The molecule has 3 heterocycles. The number of nitrogens with zero attached hydrogens (tertiary/aromatic N) is 3. The number of carboxylic acid groups (broad SMARTS) is 1. The molecule has 0 spiro atoms. The van der Waals surface area contributed by atoms with Gasteiger partial charge in [0.1, 0.15) is 16.6 Å². The molecular weight excluding hydrogens is 485 g/mol. The lowest BCUT2D eigenvalue weighted by Gasteiger charge is -2.17. The molecule has 0 saturated heterocycles. The zero-order valence-corrected chi connectivity index (χ0v) is 20.6. The van der Waals surface area contributed by atoms with E-state index in [1.54, 1.807) is 6.07 Å². The molecule has 4 aromatic rings. The number of hydrogen-bond acceptors (Lipinski definition) is 6. The van der Waals surface area contributed by atoms with Gasteiger partial charge >= 0.3 is 11.9 Å². The summed E-state index contributed by atoms with van der Waals surface area (Å²) < 4.78 is 38.2. The highest BCUT2D eigenvalue weighted by atomic mass is 35.7. The van der Waals surface area contributed by atoms with Gasteiger partial charge in [-0.15, -0.1) is 21.8 Å². The summed E-state index contributed by atoms with van der Waals surface area (Å²) in [7, 11) is -0.970. The summed E-state index contributed by atoms with van der Waals surface area (Å²) in [6, 6.07) is 15.3. The Balaban J connectivity index is 0.000000313. The minimum Gasteiger partial charge on any atom is -0.478 e. The number of benzene rings is 1. The summed E-state index contributed by atoms with van der Waals surface area (Å²) >= 11 is 5.38. The first kappa shape index (κ1) is 27.6. The van der Waals surface area contributed by atoms with E-state index in [-0.39, 0.29) is 0 Å². The third-order valence-corrected chi connectivity index (χ3v) is 5.13. The van der Waals surface area contributed by atoms with E-state index in [1.807, 2.05) is 67.7 Å². The van der Waals surface area contributed by atoms with Gasteiger partial charge in [-0.3, -0.25) is 4.90 Å². The summed E-state index contributed by atoms with van der Waals surface area (Å²) in [6.45, 7) is 2.17. The predicted octanol–water partition coefficient (Wildman–Crippen LogP) is 0.255. The second kappa shape index (κ2) is 12.2. The maximum Gasteiger partial charge on any atom is 0.369 e. The number of anilines is 1. The first-order chi connectivity index (χ1) is 16.0. The number of rotatable bonds is 5. The SMILES string of the molecule is CCCCCCl.CN(C)c1n2c3ccccc3c(C(=O)O)cc2c2cccc[n+]12.[O-][Cl+3]([O-])([O-])[O-]. The summed E-state index contributed by atoms with van der Waals surface area (Å²) in [5.74, 6) is 0.891. The summed E-state index contributed by atoms with van der Waals surface area (Å²) in [4.78, 5) is 13.7. The average molecular weight is 512 g/mol. The number of unbranched alkanes of at least 4 members (excludes halogenated alkanes) is 2. The molecule has 184 valence electrons. The smallest absolute Gasteiger partial charge is 0.369 e. The van der Waals surface area contributed by atoms with Crippen LogP contribution in [0.3, 0.4) is 0 Å². The molecule has 34 heavy (non-hydrogen) atoms. The van der Waals surface area contributed by atoms with Crippen molar-refractivity contribution in [2.24, 2.45) is 0 Å². The normalized spacial score (nSPS) is 11.1. The molecule has 0 saturated carbocycles. The van der Waals surface area contributed by atoms with E-state index in [0.717, 1.165) is 33.8 Å². The molecule has 0 amide bonds. The van der Waals surface area contributed by atoms with E-state index in [0.29, 0.717) is 5.56 Å². The van der Waals surface area contributed by atoms with E-state index in [2.05, 4.69) is 15.7 Å². The number of carboxylic acids is 1. The van der Waals surface area contributed by atoms with E-state index < -0.39 is 16.2 Å². The Labute approximate surface area is 204 Å². The molecule has 4 rings (SSSR count). The standard InChI is InChI=1S/C18H15N3O2.C5H11Cl.ClHO4/c1-19(2)18-20-10-6-5-9-15(20)16-11-13(17(22)23)12-7-3-4-8-14(12)21(16)18;1-2-3-4-5-6;2-1(3,4)5/h3-11H,1-2H3;2-5H2,1H3;(H,2,3,4,5). The van der Waals surface area contributed by atoms with Gasteiger partial charge in [0.2, 0.25) is 0 Å². The first-order valence-corrected chi connectivity index (χ1v) is 12.2. The van der Waals surface area contributed by atoms with Crippen molar-refractivity contribution in [1.29, 1.82) is 0 Å². The molecule has 0 radical (unpaired) electrons. The van der Waals surface area contributed by atoms with E-state index in [1.165, 1.54) is 19.3 Å². The van der Waals surface area contributed by atoms with E-state index >= 15 is 0 Å². The van der Waals surface area contributed by atoms with Crippen LogP contribution in [-0.4, -0.2) is 35.5 Å². The third kappa shape index (κ3) is 6.92. The number of aromatic nitrogens is 2. The second-order valence-corrected chi connectivity index (χ2v) is 8.66. The highest BCUT2D eigenvalue weighted by Gasteiger charge is 2.25. The topological polar surface area (TPSA) is 141 Å². The maximum absolute atomic E-state index is 11.7. The molecule has 9 nitrogen and oxygen atoms in total. The summed E-state index contributed by atoms with van der Waals surface area (Å²) in [6.07, 6.45) is 5.72. The predicted molar refractivity (Wildman–Crippen MR) is 120 cm³/mol. The number of para-hydroxylation sites is 1. The van der Waals surface area contributed by atoms with Gasteiger partial charge in [0.25, 0.3) is 0 Å². The molecule has 1 N–H and O–H groups in total.